The Balaban J connectivity index is 1.34. The molecule has 0 saturated heterocycles. The fourth-order valence-electron chi connectivity index (χ4n) is 4.58. The second kappa shape index (κ2) is 12.1. The Labute approximate surface area is 250 Å². The molecule has 224 valence electrons. The molecule has 0 radical (unpaired) electrons. The molecule has 1 atom stereocenters. The van der Waals surface area contributed by atoms with E-state index < -0.39 is 11.3 Å². The van der Waals surface area contributed by atoms with Crippen molar-refractivity contribution in [3.05, 3.63) is 78.0 Å². The van der Waals surface area contributed by atoms with E-state index in [4.69, 9.17) is 24.0 Å². The standard InChI is InChI=1S/C32H35N5O6/c1-31(2,30(38)36-21-10-11-21)43-42-28-9-7-6-8-27(28)41-23-14-12-22(13-15-23)37-32(40-5)20(18-33)19-35-25-17-26(34-3)29(39-4)16-24(25)32/h6-9,12-17,19,21,34-35,37H,10-11H2,1-5H3,(H,36,38). The van der Waals surface area contributed by atoms with Gasteiger partial charge in [-0.25, -0.2) is 0 Å². The topological polar surface area (TPSA) is 135 Å². The summed E-state index contributed by atoms with van der Waals surface area (Å²) in [5, 5.41) is 22.6. The zero-order chi connectivity index (χ0) is 30.6. The van der Waals surface area contributed by atoms with E-state index in [2.05, 4.69) is 27.3 Å². The Bertz CT molecular complexity index is 1560. The van der Waals surface area contributed by atoms with Crippen LogP contribution in [0.25, 0.3) is 0 Å². The SMILES string of the molecule is CNc1cc2c(cc1OC)C(Nc1ccc(Oc3ccccc3OOC(C)(C)C(=O)NC3CC3)cc1)(OC)C(C#N)=CN2. The Morgan fingerprint density at radius 1 is 1.05 bits per heavy atom. The van der Waals surface area contributed by atoms with Crippen molar-refractivity contribution >= 4 is 23.0 Å². The van der Waals surface area contributed by atoms with Crippen molar-refractivity contribution in [3.8, 4) is 29.1 Å². The highest BCUT2D eigenvalue weighted by atomic mass is 17.2. The molecule has 5 rings (SSSR count). The number of hydrogen-bond donors (Lipinski definition) is 4. The number of carbonyl (C=O) groups is 1. The molecule has 0 aromatic heterocycles. The van der Waals surface area contributed by atoms with Gasteiger partial charge in [0, 0.05) is 43.3 Å². The van der Waals surface area contributed by atoms with Crippen LogP contribution in [-0.4, -0.2) is 38.8 Å². The number of nitriles is 1. The van der Waals surface area contributed by atoms with Crippen LogP contribution in [0.3, 0.4) is 0 Å². The number of anilines is 3. The van der Waals surface area contributed by atoms with Gasteiger partial charge in [0.1, 0.15) is 23.1 Å². The fraction of sp³-hybridized carbons (Fsp3) is 0.312. The van der Waals surface area contributed by atoms with Crippen molar-refractivity contribution in [1.82, 2.24) is 5.32 Å². The third-order valence-corrected chi connectivity index (χ3v) is 7.22. The normalized spacial score (nSPS) is 17.3. The summed E-state index contributed by atoms with van der Waals surface area (Å²) in [5.74, 6) is 1.62. The molecule has 0 spiro atoms. The van der Waals surface area contributed by atoms with E-state index in [0.717, 1.165) is 24.2 Å². The van der Waals surface area contributed by atoms with E-state index in [9.17, 15) is 10.1 Å². The monoisotopic (exact) mass is 585 g/mol. The maximum Gasteiger partial charge on any atom is 0.256 e. The lowest BCUT2D eigenvalue weighted by Gasteiger charge is -2.38. The fourth-order valence-corrected chi connectivity index (χ4v) is 4.58. The summed E-state index contributed by atoms with van der Waals surface area (Å²) in [5.41, 5.74) is 0.763. The summed E-state index contributed by atoms with van der Waals surface area (Å²) in [4.78, 5) is 23.6. The van der Waals surface area contributed by atoms with Crippen LogP contribution >= 0.6 is 0 Å². The van der Waals surface area contributed by atoms with Gasteiger partial charge in [0.05, 0.1) is 12.8 Å². The van der Waals surface area contributed by atoms with Gasteiger partial charge < -0.3 is 40.4 Å². The molecule has 1 heterocycles. The van der Waals surface area contributed by atoms with E-state index in [-0.39, 0.29) is 11.9 Å². The number of amides is 1. The van der Waals surface area contributed by atoms with Crippen molar-refractivity contribution in [2.24, 2.45) is 0 Å². The van der Waals surface area contributed by atoms with Gasteiger partial charge in [-0.15, -0.1) is 0 Å². The van der Waals surface area contributed by atoms with Crippen LogP contribution in [0, 0.1) is 11.3 Å². The molecular formula is C32H35N5O6. The molecule has 1 aliphatic heterocycles. The van der Waals surface area contributed by atoms with Crippen LogP contribution in [0.4, 0.5) is 17.1 Å². The quantitative estimate of drug-likeness (QED) is 0.120. The lowest BCUT2D eigenvalue weighted by atomic mass is 9.90. The van der Waals surface area contributed by atoms with E-state index in [0.29, 0.717) is 39.8 Å². The summed E-state index contributed by atoms with van der Waals surface area (Å²) < 4.78 is 17.7. The van der Waals surface area contributed by atoms with Crippen molar-refractivity contribution in [3.63, 3.8) is 0 Å². The van der Waals surface area contributed by atoms with Crippen molar-refractivity contribution in [2.75, 3.05) is 37.2 Å². The molecular weight excluding hydrogens is 550 g/mol. The maximum absolute atomic E-state index is 12.5. The van der Waals surface area contributed by atoms with Gasteiger partial charge in [-0.05, 0) is 75.2 Å². The molecule has 11 nitrogen and oxygen atoms in total. The minimum atomic E-state index is -1.28. The van der Waals surface area contributed by atoms with E-state index >= 15 is 0 Å². The predicted molar refractivity (Wildman–Crippen MR) is 162 cm³/mol. The Kier molecular flexibility index (Phi) is 8.34. The number of fused-ring (bicyclic) bond motifs is 1. The first-order valence-electron chi connectivity index (χ1n) is 13.9. The van der Waals surface area contributed by atoms with Gasteiger partial charge in [-0.2, -0.15) is 10.1 Å². The smallest absolute Gasteiger partial charge is 0.256 e. The minimum Gasteiger partial charge on any atom is -0.495 e. The largest absolute Gasteiger partial charge is 0.495 e. The molecule has 3 aromatic rings. The van der Waals surface area contributed by atoms with Gasteiger partial charge in [0.2, 0.25) is 11.5 Å². The zero-order valence-corrected chi connectivity index (χ0v) is 24.7. The summed E-state index contributed by atoms with van der Waals surface area (Å²) in [6.45, 7) is 3.30. The first-order chi connectivity index (χ1) is 20.7. The van der Waals surface area contributed by atoms with Crippen LogP contribution in [0.2, 0.25) is 0 Å². The average Bonchev–Trinajstić information content (AvgIpc) is 3.85. The average molecular weight is 586 g/mol. The Morgan fingerprint density at radius 3 is 2.40 bits per heavy atom. The second-order valence-electron chi connectivity index (χ2n) is 10.7. The number of nitrogens with one attached hydrogen (secondary N) is 4. The molecule has 0 bridgehead atoms. The van der Waals surface area contributed by atoms with Crippen molar-refractivity contribution < 1.29 is 28.8 Å². The molecule has 1 saturated carbocycles. The molecule has 1 unspecified atom stereocenters. The molecule has 11 heteroatoms. The second-order valence-corrected chi connectivity index (χ2v) is 10.7. The van der Waals surface area contributed by atoms with Crippen LogP contribution < -0.4 is 35.6 Å². The molecule has 2 aliphatic rings. The Morgan fingerprint density at radius 2 is 1.77 bits per heavy atom. The minimum absolute atomic E-state index is 0.211. The number of benzene rings is 3. The van der Waals surface area contributed by atoms with Gasteiger partial charge in [-0.1, -0.05) is 12.1 Å². The first kappa shape index (κ1) is 29.6. The van der Waals surface area contributed by atoms with Gasteiger partial charge in [0.15, 0.2) is 11.4 Å². The van der Waals surface area contributed by atoms with Crippen LogP contribution in [0.15, 0.2) is 72.4 Å². The third kappa shape index (κ3) is 6.16. The van der Waals surface area contributed by atoms with E-state index in [1.54, 1.807) is 64.6 Å². The molecule has 1 fully saturated rings. The summed E-state index contributed by atoms with van der Waals surface area (Å²) in [7, 11) is 4.93. The summed E-state index contributed by atoms with van der Waals surface area (Å²) >= 11 is 0. The summed E-state index contributed by atoms with van der Waals surface area (Å²) in [6.07, 6.45) is 3.58. The van der Waals surface area contributed by atoms with Crippen LogP contribution in [0.5, 0.6) is 23.0 Å². The molecule has 1 amide bonds. The highest BCUT2D eigenvalue weighted by Crippen LogP contribution is 2.45. The molecule has 43 heavy (non-hydrogen) atoms. The number of carbonyl (C=O) groups excluding carboxylic acids is 1. The summed E-state index contributed by atoms with van der Waals surface area (Å²) in [6, 6.07) is 20.4. The molecule has 4 N–H and O–H groups in total. The van der Waals surface area contributed by atoms with E-state index in [1.807, 2.05) is 37.4 Å². The van der Waals surface area contributed by atoms with Crippen LogP contribution in [-0.2, 0) is 20.1 Å². The predicted octanol–water partition coefficient (Wildman–Crippen LogP) is 5.64. The molecule has 3 aromatic carbocycles. The first-order valence-corrected chi connectivity index (χ1v) is 13.9. The third-order valence-electron chi connectivity index (χ3n) is 7.22. The number of ether oxygens (including phenoxy) is 3. The number of nitrogens with zero attached hydrogens (tertiary/aromatic N) is 1. The van der Waals surface area contributed by atoms with Crippen molar-refractivity contribution in [2.45, 2.75) is 44.1 Å². The number of rotatable bonds is 12. The highest BCUT2D eigenvalue weighted by molar-refractivity contribution is 5.84. The van der Waals surface area contributed by atoms with Crippen LogP contribution in [0.1, 0.15) is 32.3 Å². The lowest BCUT2D eigenvalue weighted by molar-refractivity contribution is -0.272. The van der Waals surface area contributed by atoms with Gasteiger partial charge in [0.25, 0.3) is 5.91 Å². The highest BCUT2D eigenvalue weighted by Gasteiger charge is 2.42. The number of methoxy groups -OCH3 is 2. The lowest BCUT2D eigenvalue weighted by Crippen LogP contribution is -2.45. The maximum atomic E-state index is 12.5. The number of hydrogen-bond acceptors (Lipinski definition) is 10. The van der Waals surface area contributed by atoms with Crippen molar-refractivity contribution in [1.29, 1.82) is 5.26 Å². The molecule has 1 aliphatic carbocycles. The Hall–Kier alpha value is -4.92. The zero-order valence-electron chi connectivity index (χ0n) is 24.7. The van der Waals surface area contributed by atoms with Gasteiger partial charge >= 0.3 is 0 Å². The van der Waals surface area contributed by atoms with Gasteiger partial charge in [-0.3, -0.25) is 4.79 Å². The van der Waals surface area contributed by atoms with E-state index in [1.165, 1.54) is 0 Å². The number of para-hydroxylation sites is 2.